The van der Waals surface area contributed by atoms with Gasteiger partial charge in [0.15, 0.2) is 5.82 Å². The van der Waals surface area contributed by atoms with Gasteiger partial charge < -0.3 is 14.0 Å². The van der Waals surface area contributed by atoms with Crippen molar-refractivity contribution >= 4 is 23.8 Å². The standard InChI is InChI=1S/C25H31N5O4/c1-17(2)13-24(31)29(23-14-20(28(4)27-23)9-12-25(32)34-6)15-22-18(3)30(16-26-22)19-7-10-21(33-5)11-8-19/h7-12,14,16-17H,13,15H2,1-6H3/b12-9+/i15D. The molecule has 0 aliphatic carbocycles. The van der Waals surface area contributed by atoms with E-state index >= 15 is 0 Å². The minimum atomic E-state index is -1.12. The molecule has 0 fully saturated rings. The van der Waals surface area contributed by atoms with Gasteiger partial charge in [0.05, 0.1) is 39.8 Å². The van der Waals surface area contributed by atoms with E-state index in [1.807, 2.05) is 49.6 Å². The fourth-order valence-electron chi connectivity index (χ4n) is 3.35. The molecular formula is C25H31N5O4. The molecule has 0 saturated heterocycles. The first kappa shape index (κ1) is 23.3. The second kappa shape index (κ2) is 10.8. The Bertz CT molecular complexity index is 1210. The van der Waals surface area contributed by atoms with Gasteiger partial charge in [-0.2, -0.15) is 5.10 Å². The highest BCUT2D eigenvalue weighted by Crippen LogP contribution is 2.23. The summed E-state index contributed by atoms with van der Waals surface area (Å²) in [6.07, 6.45) is 4.72. The number of nitrogens with zero attached hydrogens (tertiary/aromatic N) is 5. The van der Waals surface area contributed by atoms with Crippen molar-refractivity contribution in [3.8, 4) is 11.4 Å². The minimum Gasteiger partial charge on any atom is -0.497 e. The first-order valence-electron chi connectivity index (χ1n) is 11.5. The smallest absolute Gasteiger partial charge is 0.330 e. The van der Waals surface area contributed by atoms with E-state index in [2.05, 4.69) is 14.8 Å². The molecule has 0 saturated carbocycles. The number of anilines is 1. The highest BCUT2D eigenvalue weighted by molar-refractivity contribution is 5.93. The summed E-state index contributed by atoms with van der Waals surface area (Å²) in [6, 6.07) is 9.16. The monoisotopic (exact) mass is 466 g/mol. The summed E-state index contributed by atoms with van der Waals surface area (Å²) in [5, 5.41) is 4.45. The molecule has 34 heavy (non-hydrogen) atoms. The van der Waals surface area contributed by atoms with Crippen LogP contribution in [0.25, 0.3) is 11.8 Å². The van der Waals surface area contributed by atoms with Gasteiger partial charge in [-0.05, 0) is 43.2 Å². The number of esters is 1. The van der Waals surface area contributed by atoms with Gasteiger partial charge in [0, 0.05) is 37.0 Å². The zero-order valence-electron chi connectivity index (χ0n) is 21.3. The van der Waals surface area contributed by atoms with E-state index in [1.54, 1.807) is 37.3 Å². The van der Waals surface area contributed by atoms with Gasteiger partial charge in [-0.3, -0.25) is 14.4 Å². The maximum Gasteiger partial charge on any atom is 0.330 e. The molecule has 1 amide bonds. The lowest BCUT2D eigenvalue weighted by atomic mass is 10.1. The van der Waals surface area contributed by atoms with Crippen LogP contribution in [0.3, 0.4) is 0 Å². The molecule has 0 spiro atoms. The summed E-state index contributed by atoms with van der Waals surface area (Å²) in [7, 11) is 4.61. The van der Waals surface area contributed by atoms with Crippen LogP contribution in [0.5, 0.6) is 5.75 Å². The Labute approximate surface area is 201 Å². The van der Waals surface area contributed by atoms with E-state index in [0.717, 1.165) is 17.1 Å². The zero-order chi connectivity index (χ0) is 25.7. The predicted octanol–water partition coefficient (Wildman–Crippen LogP) is 3.69. The average Bonchev–Trinajstić information content (AvgIpc) is 3.39. The molecule has 1 unspecified atom stereocenters. The minimum absolute atomic E-state index is 0.0950. The van der Waals surface area contributed by atoms with E-state index in [-0.39, 0.29) is 18.2 Å². The molecule has 1 atom stereocenters. The summed E-state index contributed by atoms with van der Waals surface area (Å²) in [4.78, 5) is 30.6. The van der Waals surface area contributed by atoms with Crippen LogP contribution < -0.4 is 9.64 Å². The van der Waals surface area contributed by atoms with E-state index in [1.165, 1.54) is 18.1 Å². The number of hydrogen-bond acceptors (Lipinski definition) is 6. The van der Waals surface area contributed by atoms with E-state index in [0.29, 0.717) is 17.2 Å². The highest BCUT2D eigenvalue weighted by atomic mass is 16.5. The molecule has 1 aromatic carbocycles. The van der Waals surface area contributed by atoms with Crippen LogP contribution >= 0.6 is 0 Å². The molecule has 9 nitrogen and oxygen atoms in total. The number of carbonyl (C=O) groups excluding carboxylic acids is 2. The second-order valence-corrected chi connectivity index (χ2v) is 8.18. The first-order chi connectivity index (χ1) is 16.7. The molecule has 0 aliphatic heterocycles. The van der Waals surface area contributed by atoms with Gasteiger partial charge in [0.1, 0.15) is 5.75 Å². The lowest BCUT2D eigenvalue weighted by molar-refractivity contribution is -0.134. The van der Waals surface area contributed by atoms with Crippen molar-refractivity contribution in [2.75, 3.05) is 19.1 Å². The van der Waals surface area contributed by atoms with Crippen LogP contribution in [-0.4, -0.2) is 45.4 Å². The van der Waals surface area contributed by atoms with Crippen molar-refractivity contribution in [3.63, 3.8) is 0 Å². The predicted molar refractivity (Wildman–Crippen MR) is 130 cm³/mol. The molecule has 0 radical (unpaired) electrons. The number of aryl methyl sites for hydroxylation is 1. The lowest BCUT2D eigenvalue weighted by Crippen LogP contribution is -2.32. The Balaban J connectivity index is 1.99. The van der Waals surface area contributed by atoms with Crippen molar-refractivity contribution in [1.82, 2.24) is 19.3 Å². The molecule has 0 aliphatic rings. The Hall–Kier alpha value is -3.88. The number of ether oxygens (including phenoxy) is 2. The van der Waals surface area contributed by atoms with Gasteiger partial charge in [0.25, 0.3) is 0 Å². The van der Waals surface area contributed by atoms with Gasteiger partial charge in [-0.25, -0.2) is 9.78 Å². The fourth-order valence-corrected chi connectivity index (χ4v) is 3.35. The Kier molecular flexibility index (Phi) is 7.41. The Morgan fingerprint density at radius 3 is 2.56 bits per heavy atom. The molecule has 2 heterocycles. The Morgan fingerprint density at radius 1 is 1.24 bits per heavy atom. The largest absolute Gasteiger partial charge is 0.497 e. The number of aromatic nitrogens is 4. The van der Waals surface area contributed by atoms with Crippen LogP contribution in [0.15, 0.2) is 42.7 Å². The number of carbonyl (C=O) groups is 2. The number of hydrogen-bond donors (Lipinski definition) is 0. The fraction of sp³-hybridized carbons (Fsp3) is 0.360. The lowest BCUT2D eigenvalue weighted by Gasteiger charge is -2.21. The van der Waals surface area contributed by atoms with Crippen molar-refractivity contribution in [2.24, 2.45) is 13.0 Å². The summed E-state index contributed by atoms with van der Waals surface area (Å²) >= 11 is 0. The van der Waals surface area contributed by atoms with Gasteiger partial charge >= 0.3 is 5.97 Å². The maximum absolute atomic E-state index is 13.3. The number of imidazole rings is 1. The number of methoxy groups -OCH3 is 2. The van der Waals surface area contributed by atoms with Crippen LogP contribution in [0.2, 0.25) is 0 Å². The maximum atomic E-state index is 13.3. The normalized spacial score (nSPS) is 12.6. The summed E-state index contributed by atoms with van der Waals surface area (Å²) in [5.74, 6) is 0.403. The van der Waals surface area contributed by atoms with Crippen molar-refractivity contribution in [2.45, 2.75) is 33.7 Å². The topological polar surface area (TPSA) is 91.5 Å². The molecule has 180 valence electrons. The average molecular weight is 467 g/mol. The summed E-state index contributed by atoms with van der Waals surface area (Å²) < 4.78 is 22.3. The molecule has 9 heteroatoms. The highest BCUT2D eigenvalue weighted by Gasteiger charge is 2.23. The third kappa shape index (κ3) is 5.72. The second-order valence-electron chi connectivity index (χ2n) is 8.18. The first-order valence-corrected chi connectivity index (χ1v) is 10.9. The zero-order valence-corrected chi connectivity index (χ0v) is 20.3. The van der Waals surface area contributed by atoms with Gasteiger partial charge in [0.2, 0.25) is 5.91 Å². The van der Waals surface area contributed by atoms with Crippen LogP contribution in [0, 0.1) is 12.8 Å². The molecule has 0 bridgehead atoms. The number of benzene rings is 1. The Morgan fingerprint density at radius 2 is 1.94 bits per heavy atom. The molecule has 3 rings (SSSR count). The molecular weight excluding hydrogens is 434 g/mol. The van der Waals surface area contributed by atoms with Crippen molar-refractivity contribution in [3.05, 3.63) is 59.8 Å². The number of amides is 1. The van der Waals surface area contributed by atoms with Crippen molar-refractivity contribution < 1.29 is 20.4 Å². The summed E-state index contributed by atoms with van der Waals surface area (Å²) in [5.41, 5.74) is 2.62. The van der Waals surface area contributed by atoms with Crippen LogP contribution in [0.4, 0.5) is 5.82 Å². The van der Waals surface area contributed by atoms with E-state index in [9.17, 15) is 9.59 Å². The van der Waals surface area contributed by atoms with E-state index in [4.69, 9.17) is 6.11 Å². The molecule has 3 aromatic rings. The van der Waals surface area contributed by atoms with Crippen LogP contribution in [0.1, 0.15) is 38.7 Å². The third-order valence-corrected chi connectivity index (χ3v) is 5.24. The molecule has 2 aromatic heterocycles. The third-order valence-electron chi connectivity index (χ3n) is 5.24. The SMILES string of the molecule is [2H]C(c1ncn(-c2ccc(OC)cc2)c1C)N(C(=O)CC(C)C)c1cc(/C=C/C(=O)OC)n(C)n1. The quantitative estimate of drug-likeness (QED) is 0.353. The van der Waals surface area contributed by atoms with Gasteiger partial charge in [-0.1, -0.05) is 13.8 Å². The summed E-state index contributed by atoms with van der Waals surface area (Å²) in [6.45, 7) is 4.64. The van der Waals surface area contributed by atoms with Gasteiger partial charge in [-0.15, -0.1) is 0 Å². The van der Waals surface area contributed by atoms with Crippen molar-refractivity contribution in [1.29, 1.82) is 0 Å². The van der Waals surface area contributed by atoms with Crippen LogP contribution in [-0.2, 0) is 27.9 Å². The van der Waals surface area contributed by atoms with E-state index < -0.39 is 12.5 Å². The molecule has 0 N–H and O–H groups in total. The number of rotatable bonds is 9.